The molecular weight excluding hydrogens is 554 g/mol. The Hall–Kier alpha value is -2.86. The minimum atomic E-state index is -0.422. The lowest BCUT2D eigenvalue weighted by atomic mass is 9.64. The lowest BCUT2D eigenvalue weighted by Crippen LogP contribution is -2.43. The van der Waals surface area contributed by atoms with Crippen LogP contribution in [0.2, 0.25) is 0 Å². The van der Waals surface area contributed by atoms with Crippen molar-refractivity contribution >= 4 is 27.5 Å². The first kappa shape index (κ1) is 27.7. The van der Waals surface area contributed by atoms with E-state index in [2.05, 4.69) is 67.6 Å². The summed E-state index contributed by atoms with van der Waals surface area (Å²) in [6.07, 6.45) is 2.52. The Kier molecular flexibility index (Phi) is 7.07. The van der Waals surface area contributed by atoms with Gasteiger partial charge in [0.25, 0.3) is 0 Å². The molecule has 0 N–H and O–H groups in total. The third-order valence-electron chi connectivity index (χ3n) is 8.23. The maximum absolute atomic E-state index is 13.8. The molecule has 0 aromatic heterocycles. The van der Waals surface area contributed by atoms with Gasteiger partial charge in [-0.2, -0.15) is 0 Å². The normalized spacial score (nSPS) is 20.7. The largest absolute Gasteiger partial charge is 0.493 e. The number of benzene rings is 2. The molecule has 0 bridgehead atoms. The monoisotopic (exact) mass is 591 g/mol. The smallest absolute Gasteiger partial charge is 0.175 e. The van der Waals surface area contributed by atoms with E-state index in [0.29, 0.717) is 30.9 Å². The summed E-state index contributed by atoms with van der Waals surface area (Å²) in [4.78, 5) is 29.7. The Morgan fingerprint density at radius 1 is 0.923 bits per heavy atom. The minimum absolute atomic E-state index is 0.122. The highest BCUT2D eigenvalue weighted by molar-refractivity contribution is 9.10. The van der Waals surface area contributed by atoms with E-state index in [4.69, 9.17) is 9.47 Å². The van der Waals surface area contributed by atoms with Gasteiger partial charge in [-0.15, -0.1) is 0 Å². The lowest BCUT2D eigenvalue weighted by molar-refractivity contribution is -0.119. The fourth-order valence-corrected chi connectivity index (χ4v) is 7.08. The van der Waals surface area contributed by atoms with Crippen LogP contribution in [-0.2, 0) is 16.2 Å². The molecule has 0 saturated carbocycles. The van der Waals surface area contributed by atoms with E-state index in [1.54, 1.807) is 7.11 Å². The fourth-order valence-electron chi connectivity index (χ4n) is 6.50. The lowest BCUT2D eigenvalue weighted by Gasteiger charge is -2.48. The zero-order valence-corrected chi connectivity index (χ0v) is 25.6. The number of allylic oxidation sites excluding steroid dienone is 4. The van der Waals surface area contributed by atoms with Gasteiger partial charge in [0.15, 0.2) is 23.1 Å². The first-order valence-corrected chi connectivity index (χ1v) is 14.4. The topological polar surface area (TPSA) is 55.8 Å². The Balaban J connectivity index is 1.63. The molecular formula is C33H38BrNO4. The van der Waals surface area contributed by atoms with E-state index in [9.17, 15) is 9.59 Å². The molecule has 0 unspecified atom stereocenters. The molecule has 6 heteroatoms. The Labute approximate surface area is 240 Å². The predicted molar refractivity (Wildman–Crippen MR) is 157 cm³/mol. The summed E-state index contributed by atoms with van der Waals surface area (Å²) in [7, 11) is 3.65. The summed E-state index contributed by atoms with van der Waals surface area (Å²) in [5.41, 5.74) is 6.44. The summed E-state index contributed by atoms with van der Waals surface area (Å²) in [5.74, 6) is 0.998. The van der Waals surface area contributed by atoms with Gasteiger partial charge in [-0.05, 0) is 69.8 Å². The van der Waals surface area contributed by atoms with Crippen molar-refractivity contribution in [3.63, 3.8) is 0 Å². The maximum Gasteiger partial charge on any atom is 0.175 e. The van der Waals surface area contributed by atoms with Crippen LogP contribution in [0.4, 0.5) is 0 Å². The number of methoxy groups -OCH3 is 1. The highest BCUT2D eigenvalue weighted by atomic mass is 79.9. The van der Waals surface area contributed by atoms with Gasteiger partial charge >= 0.3 is 0 Å². The number of hydrogen-bond acceptors (Lipinski definition) is 5. The first-order valence-electron chi connectivity index (χ1n) is 13.6. The molecule has 0 saturated heterocycles. The van der Waals surface area contributed by atoms with Crippen molar-refractivity contribution < 1.29 is 19.1 Å². The van der Waals surface area contributed by atoms with E-state index in [-0.39, 0.29) is 22.4 Å². The standard InChI is InChI=1S/C33H38BrNO4/c1-19-9-8-10-20(11-19)18-39-31-22(34)12-21(13-27(31)38-7)28-29-23(14-32(2,3)16-25(29)36)35(6)24-15-33(4,5)17-26(37)30(24)28/h8-13,28H,14-18H2,1-7H3. The number of Topliss-reactive ketones (excluding diaryl/α,β-unsaturated/α-hetero) is 2. The van der Waals surface area contributed by atoms with Gasteiger partial charge in [-0.3, -0.25) is 9.59 Å². The summed E-state index contributed by atoms with van der Waals surface area (Å²) in [5, 5.41) is 0. The van der Waals surface area contributed by atoms with Crippen molar-refractivity contribution in [2.45, 2.75) is 72.8 Å². The molecule has 206 valence electrons. The quantitative estimate of drug-likeness (QED) is 0.357. The summed E-state index contributed by atoms with van der Waals surface area (Å²) < 4.78 is 12.8. The SMILES string of the molecule is COc1cc(C2C3=C(CC(C)(C)CC3=O)N(C)C3=C2C(=O)CC(C)(C)C3)cc(Br)c1OCc1cccc(C)c1. The third-order valence-corrected chi connectivity index (χ3v) is 8.82. The van der Waals surface area contributed by atoms with Gasteiger partial charge in [0.2, 0.25) is 0 Å². The van der Waals surface area contributed by atoms with Crippen molar-refractivity contribution in [2.24, 2.45) is 10.8 Å². The number of hydrogen-bond donors (Lipinski definition) is 0. The molecule has 39 heavy (non-hydrogen) atoms. The van der Waals surface area contributed by atoms with Crippen molar-refractivity contribution in [3.05, 3.63) is 80.1 Å². The number of carbonyl (C=O) groups excluding carboxylic acids is 2. The van der Waals surface area contributed by atoms with E-state index in [1.807, 2.05) is 31.3 Å². The predicted octanol–water partition coefficient (Wildman–Crippen LogP) is 7.66. The molecule has 5 rings (SSSR count). The number of ether oxygens (including phenoxy) is 2. The maximum atomic E-state index is 13.8. The van der Waals surface area contributed by atoms with Crippen LogP contribution in [0.15, 0.2) is 63.4 Å². The molecule has 2 aliphatic carbocycles. The molecule has 5 nitrogen and oxygen atoms in total. The molecule has 1 aliphatic heterocycles. The number of carbonyl (C=O) groups is 2. The average Bonchev–Trinajstić information content (AvgIpc) is 2.83. The molecule has 0 fully saturated rings. The van der Waals surface area contributed by atoms with Gasteiger partial charge in [0.05, 0.1) is 11.6 Å². The second-order valence-corrected chi connectivity index (χ2v) is 13.8. The molecule has 0 radical (unpaired) electrons. The molecule has 0 spiro atoms. The van der Waals surface area contributed by atoms with Crippen LogP contribution in [0.1, 0.15) is 76.0 Å². The van der Waals surface area contributed by atoms with Crippen molar-refractivity contribution in [1.29, 1.82) is 0 Å². The molecule has 2 aromatic carbocycles. The summed E-state index contributed by atoms with van der Waals surface area (Å²) in [6.45, 7) is 11.1. The summed E-state index contributed by atoms with van der Waals surface area (Å²) in [6, 6.07) is 12.2. The highest BCUT2D eigenvalue weighted by Gasteiger charge is 2.48. The second-order valence-electron chi connectivity index (χ2n) is 12.9. The van der Waals surface area contributed by atoms with E-state index in [1.165, 1.54) is 5.56 Å². The van der Waals surface area contributed by atoms with Crippen LogP contribution in [0.3, 0.4) is 0 Å². The third kappa shape index (κ3) is 5.20. The number of aryl methyl sites for hydroxylation is 1. The van der Waals surface area contributed by atoms with Gasteiger partial charge < -0.3 is 14.4 Å². The fraction of sp³-hybridized carbons (Fsp3) is 0.455. The van der Waals surface area contributed by atoms with E-state index in [0.717, 1.165) is 51.0 Å². The molecule has 1 heterocycles. The first-order chi connectivity index (χ1) is 18.3. The Bertz CT molecular complexity index is 1380. The number of rotatable bonds is 5. The number of nitrogens with zero attached hydrogens (tertiary/aromatic N) is 1. The van der Waals surface area contributed by atoms with Crippen LogP contribution in [0, 0.1) is 17.8 Å². The second kappa shape index (κ2) is 9.96. The van der Waals surface area contributed by atoms with Crippen LogP contribution in [-0.4, -0.2) is 30.6 Å². The van der Waals surface area contributed by atoms with E-state index < -0.39 is 5.92 Å². The van der Waals surface area contributed by atoms with Crippen LogP contribution < -0.4 is 9.47 Å². The van der Waals surface area contributed by atoms with Gasteiger partial charge in [0, 0.05) is 48.3 Å². The molecule has 3 aliphatic rings. The van der Waals surface area contributed by atoms with Gasteiger partial charge in [0.1, 0.15) is 6.61 Å². The minimum Gasteiger partial charge on any atom is -0.493 e. The van der Waals surface area contributed by atoms with Crippen LogP contribution >= 0.6 is 15.9 Å². The molecule has 2 aromatic rings. The van der Waals surface area contributed by atoms with Crippen molar-refractivity contribution in [1.82, 2.24) is 4.90 Å². The van der Waals surface area contributed by atoms with Gasteiger partial charge in [-0.25, -0.2) is 0 Å². The molecule has 0 atom stereocenters. The number of ketones is 2. The van der Waals surface area contributed by atoms with Crippen LogP contribution in [0.5, 0.6) is 11.5 Å². The van der Waals surface area contributed by atoms with Crippen molar-refractivity contribution in [3.8, 4) is 11.5 Å². The van der Waals surface area contributed by atoms with Crippen LogP contribution in [0.25, 0.3) is 0 Å². The summed E-state index contributed by atoms with van der Waals surface area (Å²) >= 11 is 3.73. The zero-order chi connectivity index (χ0) is 28.3. The Morgan fingerprint density at radius 3 is 2.05 bits per heavy atom. The zero-order valence-electron chi connectivity index (χ0n) is 24.0. The number of halogens is 1. The Morgan fingerprint density at radius 2 is 1.51 bits per heavy atom. The van der Waals surface area contributed by atoms with E-state index >= 15 is 0 Å². The highest BCUT2D eigenvalue weighted by Crippen LogP contribution is 2.55. The molecule has 0 amide bonds. The van der Waals surface area contributed by atoms with Gasteiger partial charge in [-0.1, -0.05) is 57.5 Å². The average molecular weight is 593 g/mol. The van der Waals surface area contributed by atoms with Crippen molar-refractivity contribution in [2.75, 3.05) is 14.2 Å².